The average molecular weight is 270 g/mol. The fraction of sp³-hybridized carbons (Fsp3) is 0.750. The summed E-state index contributed by atoms with van der Waals surface area (Å²) in [5.74, 6) is -0.196. The Hall–Kier alpha value is -1.79. The fourth-order valence-corrected chi connectivity index (χ4v) is 2.60. The lowest BCUT2D eigenvalue weighted by molar-refractivity contribution is -0.146. The van der Waals surface area contributed by atoms with Crippen LogP contribution in [0.25, 0.3) is 0 Å². The van der Waals surface area contributed by atoms with Gasteiger partial charge in [-0.1, -0.05) is 12.1 Å². The van der Waals surface area contributed by atoms with E-state index in [1.54, 1.807) is 6.92 Å². The predicted molar refractivity (Wildman–Crippen MR) is 70.6 cm³/mol. The molecular weight excluding hydrogens is 248 g/mol. The summed E-state index contributed by atoms with van der Waals surface area (Å²) in [4.78, 5) is 25.4. The molecule has 0 bridgehead atoms. The van der Waals surface area contributed by atoms with Crippen molar-refractivity contribution in [3.63, 3.8) is 0 Å². The molecule has 0 spiro atoms. The summed E-state index contributed by atoms with van der Waals surface area (Å²) in [6, 6.07) is 0. The lowest BCUT2D eigenvalue weighted by Gasteiger charge is -2.46. The van der Waals surface area contributed by atoms with Gasteiger partial charge in [0, 0.05) is 13.6 Å². The van der Waals surface area contributed by atoms with Crippen molar-refractivity contribution in [1.29, 1.82) is 0 Å². The van der Waals surface area contributed by atoms with E-state index in [0.717, 1.165) is 0 Å². The zero-order valence-electron chi connectivity index (χ0n) is 11.6. The number of likely N-dealkylation sites (N-methyl/N-ethyl adjacent to an activating group) is 2. The van der Waals surface area contributed by atoms with Gasteiger partial charge in [0.05, 0.1) is 6.54 Å². The molecule has 1 aliphatic rings. The van der Waals surface area contributed by atoms with Gasteiger partial charge in [0.2, 0.25) is 11.8 Å². The molecule has 0 radical (unpaired) electrons. The third kappa shape index (κ3) is 2.80. The smallest absolute Gasteiger partial charge is 0.239 e. The third-order valence-electron chi connectivity index (χ3n) is 3.68. The van der Waals surface area contributed by atoms with Crippen molar-refractivity contribution >= 4 is 17.6 Å². The van der Waals surface area contributed by atoms with Crippen LogP contribution >= 0.6 is 0 Å². The number of nitrogens with zero attached hydrogens (tertiary/aromatic N) is 2. The molecule has 0 unspecified atom stereocenters. The number of hydrogen-bond donors (Lipinski definition) is 3. The van der Waals surface area contributed by atoms with Gasteiger partial charge in [-0.25, -0.2) is 0 Å². The van der Waals surface area contributed by atoms with Gasteiger partial charge >= 0.3 is 0 Å². The number of amides is 2. The van der Waals surface area contributed by atoms with E-state index in [9.17, 15) is 9.59 Å². The number of oxime groups is 1. The van der Waals surface area contributed by atoms with E-state index in [1.165, 1.54) is 11.9 Å². The summed E-state index contributed by atoms with van der Waals surface area (Å²) < 4.78 is 0. The topological polar surface area (TPSA) is 108 Å². The Morgan fingerprint density at radius 2 is 2.11 bits per heavy atom. The number of carbonyl (C=O) groups excluding carboxylic acids is 2. The van der Waals surface area contributed by atoms with Gasteiger partial charge in [-0.05, 0) is 25.7 Å². The number of amidine groups is 1. The molecule has 0 saturated heterocycles. The number of carbonyl (C=O) groups is 2. The van der Waals surface area contributed by atoms with Crippen molar-refractivity contribution in [3.8, 4) is 0 Å². The molecule has 108 valence electrons. The minimum atomic E-state index is -0.946. The molecule has 1 aliphatic carbocycles. The van der Waals surface area contributed by atoms with Crippen LogP contribution in [-0.2, 0) is 9.59 Å². The van der Waals surface area contributed by atoms with Crippen LogP contribution in [0.4, 0.5) is 0 Å². The maximum atomic E-state index is 12.5. The zero-order valence-corrected chi connectivity index (χ0v) is 11.6. The standard InChI is InChI=1S/C12H22N4O3/c1-4-16(7-9(17)14-3)11(18)12(10(13)15-19)5-8(2)6-12/h8,19H,4-7H2,1-3H3,(H2,13,15)(H,14,17). The van der Waals surface area contributed by atoms with E-state index in [2.05, 4.69) is 10.5 Å². The first kappa shape index (κ1) is 15.3. The molecule has 0 aromatic rings. The molecular formula is C12H22N4O3. The molecule has 2 amide bonds. The normalized spacial score (nSPS) is 26.5. The van der Waals surface area contributed by atoms with E-state index in [-0.39, 0.29) is 24.2 Å². The van der Waals surface area contributed by atoms with E-state index in [0.29, 0.717) is 25.3 Å². The van der Waals surface area contributed by atoms with Crippen LogP contribution in [0.5, 0.6) is 0 Å². The second-order valence-electron chi connectivity index (χ2n) is 5.07. The maximum absolute atomic E-state index is 12.5. The number of nitrogens with one attached hydrogen (secondary N) is 1. The van der Waals surface area contributed by atoms with Gasteiger partial charge in [0.15, 0.2) is 5.84 Å². The minimum Gasteiger partial charge on any atom is -0.409 e. The van der Waals surface area contributed by atoms with Gasteiger partial charge < -0.3 is 21.2 Å². The predicted octanol–water partition coefficient (Wildman–Crippen LogP) is -0.256. The van der Waals surface area contributed by atoms with E-state index < -0.39 is 5.41 Å². The molecule has 7 heteroatoms. The Morgan fingerprint density at radius 1 is 1.53 bits per heavy atom. The summed E-state index contributed by atoms with van der Waals surface area (Å²) in [5, 5.41) is 14.3. The summed E-state index contributed by atoms with van der Waals surface area (Å²) >= 11 is 0. The highest BCUT2D eigenvalue weighted by molar-refractivity contribution is 6.08. The van der Waals surface area contributed by atoms with Crippen molar-refractivity contribution in [3.05, 3.63) is 0 Å². The molecule has 0 atom stereocenters. The molecule has 19 heavy (non-hydrogen) atoms. The van der Waals surface area contributed by atoms with Gasteiger partial charge in [-0.2, -0.15) is 0 Å². The first-order valence-electron chi connectivity index (χ1n) is 6.39. The second kappa shape index (κ2) is 5.90. The maximum Gasteiger partial charge on any atom is 0.239 e. The van der Waals surface area contributed by atoms with Gasteiger partial charge in [-0.15, -0.1) is 0 Å². The summed E-state index contributed by atoms with van der Waals surface area (Å²) in [6.07, 6.45) is 1.10. The first-order chi connectivity index (χ1) is 8.91. The Kier molecular flexibility index (Phi) is 4.74. The molecule has 7 nitrogen and oxygen atoms in total. The summed E-state index contributed by atoms with van der Waals surface area (Å²) in [6.45, 7) is 4.19. The molecule has 1 saturated carbocycles. The highest BCUT2D eigenvalue weighted by Crippen LogP contribution is 2.47. The van der Waals surface area contributed by atoms with Crippen LogP contribution in [-0.4, -0.2) is 47.9 Å². The Balaban J connectivity index is 2.90. The largest absolute Gasteiger partial charge is 0.409 e. The molecule has 0 aliphatic heterocycles. The average Bonchev–Trinajstić information content (AvgIpc) is 2.38. The monoisotopic (exact) mass is 270 g/mol. The third-order valence-corrected chi connectivity index (χ3v) is 3.68. The van der Waals surface area contributed by atoms with Crippen molar-refractivity contribution in [2.24, 2.45) is 22.2 Å². The minimum absolute atomic E-state index is 0.0132. The molecule has 1 rings (SSSR count). The second-order valence-corrected chi connectivity index (χ2v) is 5.07. The van der Waals surface area contributed by atoms with E-state index in [1.807, 2.05) is 6.92 Å². The van der Waals surface area contributed by atoms with Crippen LogP contribution in [0.1, 0.15) is 26.7 Å². The van der Waals surface area contributed by atoms with Crippen molar-refractivity contribution in [2.45, 2.75) is 26.7 Å². The lowest BCUT2D eigenvalue weighted by Crippen LogP contribution is -2.58. The molecule has 4 N–H and O–H groups in total. The van der Waals surface area contributed by atoms with Crippen molar-refractivity contribution < 1.29 is 14.8 Å². The Bertz CT molecular complexity index is 388. The van der Waals surface area contributed by atoms with E-state index >= 15 is 0 Å². The molecule has 0 aromatic heterocycles. The van der Waals surface area contributed by atoms with E-state index in [4.69, 9.17) is 10.9 Å². The fourth-order valence-electron chi connectivity index (χ4n) is 2.60. The van der Waals surface area contributed by atoms with Crippen LogP contribution in [0.15, 0.2) is 5.16 Å². The van der Waals surface area contributed by atoms with Crippen LogP contribution in [0, 0.1) is 11.3 Å². The molecule has 0 heterocycles. The Morgan fingerprint density at radius 3 is 2.47 bits per heavy atom. The molecule has 0 aromatic carbocycles. The number of nitrogens with two attached hydrogens (primary N) is 1. The van der Waals surface area contributed by atoms with Gasteiger partial charge in [-0.3, -0.25) is 9.59 Å². The van der Waals surface area contributed by atoms with Crippen LogP contribution in [0.3, 0.4) is 0 Å². The van der Waals surface area contributed by atoms with Crippen molar-refractivity contribution in [1.82, 2.24) is 10.2 Å². The highest BCUT2D eigenvalue weighted by Gasteiger charge is 2.53. The lowest BCUT2D eigenvalue weighted by atomic mass is 9.61. The van der Waals surface area contributed by atoms with Crippen LogP contribution < -0.4 is 11.1 Å². The van der Waals surface area contributed by atoms with Crippen LogP contribution in [0.2, 0.25) is 0 Å². The number of rotatable bonds is 5. The zero-order chi connectivity index (χ0) is 14.6. The quantitative estimate of drug-likeness (QED) is 0.277. The Labute approximate surface area is 112 Å². The van der Waals surface area contributed by atoms with Gasteiger partial charge in [0.1, 0.15) is 5.41 Å². The first-order valence-corrected chi connectivity index (χ1v) is 6.39. The SMILES string of the molecule is CCN(CC(=O)NC)C(=O)C1(C(N)=NO)CC(C)C1. The number of hydrogen-bond acceptors (Lipinski definition) is 4. The van der Waals surface area contributed by atoms with Gasteiger partial charge in [0.25, 0.3) is 0 Å². The van der Waals surface area contributed by atoms with Crippen molar-refractivity contribution in [2.75, 3.05) is 20.1 Å². The summed E-state index contributed by atoms with van der Waals surface area (Å²) in [7, 11) is 1.52. The highest BCUT2D eigenvalue weighted by atomic mass is 16.4. The molecule has 1 fully saturated rings. The summed E-state index contributed by atoms with van der Waals surface area (Å²) in [5.41, 5.74) is 4.74.